The predicted molar refractivity (Wildman–Crippen MR) is 78.1 cm³/mol. The van der Waals surface area contributed by atoms with Gasteiger partial charge in [0.15, 0.2) is 0 Å². The molecule has 0 saturated heterocycles. The lowest BCUT2D eigenvalue weighted by Crippen LogP contribution is -2.34. The van der Waals surface area contributed by atoms with Gasteiger partial charge in [-0.1, -0.05) is 6.92 Å². The summed E-state index contributed by atoms with van der Waals surface area (Å²) in [6.07, 6.45) is 3.03. The summed E-state index contributed by atoms with van der Waals surface area (Å²) in [5, 5.41) is 2.90. The minimum Gasteiger partial charge on any atom is -0.383 e. The Morgan fingerprint density at radius 3 is 2.68 bits per heavy atom. The zero-order chi connectivity index (χ0) is 14.4. The molecule has 1 aromatic heterocycles. The van der Waals surface area contributed by atoms with Crippen LogP contribution in [0, 0.1) is 0 Å². The van der Waals surface area contributed by atoms with E-state index in [-0.39, 0.29) is 11.5 Å². The van der Waals surface area contributed by atoms with E-state index in [1.54, 1.807) is 6.26 Å². The highest BCUT2D eigenvalue weighted by molar-refractivity contribution is 7.84. The summed E-state index contributed by atoms with van der Waals surface area (Å²) in [7, 11) is -0.858. The molecule has 0 bridgehead atoms. The van der Waals surface area contributed by atoms with E-state index in [1.165, 1.54) is 4.57 Å². The molecule has 0 fully saturated rings. The van der Waals surface area contributed by atoms with E-state index >= 15 is 0 Å². The molecule has 0 aliphatic heterocycles. The van der Waals surface area contributed by atoms with E-state index in [0.717, 1.165) is 6.42 Å². The first-order chi connectivity index (χ1) is 8.97. The largest absolute Gasteiger partial charge is 0.383 e. The van der Waals surface area contributed by atoms with Crippen molar-refractivity contribution in [2.24, 2.45) is 0 Å². The molecule has 1 aromatic rings. The molecular formula is C11H20N4O3S. The summed E-state index contributed by atoms with van der Waals surface area (Å²) in [6, 6.07) is 0. The van der Waals surface area contributed by atoms with Crippen molar-refractivity contribution in [3.8, 4) is 0 Å². The van der Waals surface area contributed by atoms with E-state index in [4.69, 9.17) is 5.73 Å². The number of anilines is 2. The van der Waals surface area contributed by atoms with Crippen molar-refractivity contribution in [2.75, 3.05) is 29.6 Å². The fourth-order valence-electron chi connectivity index (χ4n) is 1.69. The molecule has 1 atom stereocenters. The summed E-state index contributed by atoms with van der Waals surface area (Å²) in [5.74, 6) is 0.701. The van der Waals surface area contributed by atoms with Gasteiger partial charge >= 0.3 is 5.69 Å². The van der Waals surface area contributed by atoms with Crippen LogP contribution in [-0.4, -0.2) is 32.3 Å². The molecule has 0 aliphatic carbocycles. The topological polar surface area (TPSA) is 110 Å². The molecule has 0 amide bonds. The first kappa shape index (κ1) is 15.5. The third kappa shape index (κ3) is 4.23. The number of aromatic nitrogens is 2. The Morgan fingerprint density at radius 2 is 2.11 bits per heavy atom. The summed E-state index contributed by atoms with van der Waals surface area (Å²) in [6.45, 7) is 2.85. The molecule has 0 aromatic carbocycles. The summed E-state index contributed by atoms with van der Waals surface area (Å²) < 4.78 is 12.3. The van der Waals surface area contributed by atoms with Crippen molar-refractivity contribution in [3.63, 3.8) is 0 Å². The maximum Gasteiger partial charge on any atom is 0.330 e. The minimum atomic E-state index is -0.858. The molecule has 4 N–H and O–H groups in total. The van der Waals surface area contributed by atoms with Crippen LogP contribution >= 0.6 is 0 Å². The molecule has 1 heterocycles. The monoisotopic (exact) mass is 288 g/mol. The average molecular weight is 288 g/mol. The van der Waals surface area contributed by atoms with Gasteiger partial charge in [0.05, 0.1) is 0 Å². The van der Waals surface area contributed by atoms with Crippen LogP contribution in [0.3, 0.4) is 0 Å². The molecule has 8 heteroatoms. The standard InChI is InChI=1S/C11H20N4O3S/c1-3-6-15-9(12)8(10(16)14-11(15)17)13-5-4-7-19(2)18/h13H,3-7,12H2,1-2H3,(H,14,16,17). The van der Waals surface area contributed by atoms with Gasteiger partial charge in [0.25, 0.3) is 5.56 Å². The van der Waals surface area contributed by atoms with Crippen LogP contribution in [0.1, 0.15) is 19.8 Å². The number of aromatic amines is 1. The van der Waals surface area contributed by atoms with Crippen molar-refractivity contribution in [2.45, 2.75) is 26.3 Å². The Kier molecular flexibility index (Phi) is 5.81. The molecule has 1 unspecified atom stereocenters. The van der Waals surface area contributed by atoms with Gasteiger partial charge in [-0.05, 0) is 12.8 Å². The third-order valence-corrected chi connectivity index (χ3v) is 3.46. The van der Waals surface area contributed by atoms with Gasteiger partial charge in [0, 0.05) is 35.9 Å². The van der Waals surface area contributed by atoms with Gasteiger partial charge in [-0.15, -0.1) is 0 Å². The second-order valence-corrected chi connectivity index (χ2v) is 5.78. The van der Waals surface area contributed by atoms with Crippen molar-refractivity contribution >= 4 is 22.3 Å². The number of rotatable bonds is 7. The number of nitrogens with one attached hydrogen (secondary N) is 2. The zero-order valence-corrected chi connectivity index (χ0v) is 12.0. The number of hydrogen-bond donors (Lipinski definition) is 3. The van der Waals surface area contributed by atoms with Gasteiger partial charge in [0.2, 0.25) is 0 Å². The number of nitrogens with two attached hydrogens (primary N) is 1. The van der Waals surface area contributed by atoms with Gasteiger partial charge in [-0.3, -0.25) is 18.6 Å². The van der Waals surface area contributed by atoms with Crippen LogP contribution in [-0.2, 0) is 17.3 Å². The fraction of sp³-hybridized carbons (Fsp3) is 0.636. The SMILES string of the molecule is CCCn1c(N)c(NCCCS(C)=O)c(=O)[nH]c1=O. The molecule has 0 radical (unpaired) electrons. The Morgan fingerprint density at radius 1 is 1.42 bits per heavy atom. The number of nitrogen functional groups attached to an aromatic ring is 1. The van der Waals surface area contributed by atoms with Crippen LogP contribution in [0.5, 0.6) is 0 Å². The first-order valence-electron chi connectivity index (χ1n) is 6.13. The van der Waals surface area contributed by atoms with Gasteiger partial charge in [0.1, 0.15) is 11.5 Å². The van der Waals surface area contributed by atoms with Crippen molar-refractivity contribution in [1.82, 2.24) is 9.55 Å². The lowest BCUT2D eigenvalue weighted by Gasteiger charge is -2.12. The summed E-state index contributed by atoms with van der Waals surface area (Å²) in [4.78, 5) is 25.5. The molecule has 108 valence electrons. The summed E-state index contributed by atoms with van der Waals surface area (Å²) >= 11 is 0. The van der Waals surface area contributed by atoms with Gasteiger partial charge < -0.3 is 11.1 Å². The van der Waals surface area contributed by atoms with Gasteiger partial charge in [-0.25, -0.2) is 4.79 Å². The lowest BCUT2D eigenvalue weighted by molar-refractivity contribution is 0.642. The molecular weight excluding hydrogens is 268 g/mol. The Hall–Kier alpha value is -1.57. The van der Waals surface area contributed by atoms with Crippen LogP contribution in [0.25, 0.3) is 0 Å². The maximum absolute atomic E-state index is 11.7. The highest BCUT2D eigenvalue weighted by Crippen LogP contribution is 2.10. The van der Waals surface area contributed by atoms with Crippen molar-refractivity contribution in [3.05, 3.63) is 20.8 Å². The first-order valence-corrected chi connectivity index (χ1v) is 7.86. The molecule has 0 spiro atoms. The highest BCUT2D eigenvalue weighted by Gasteiger charge is 2.11. The van der Waals surface area contributed by atoms with Gasteiger partial charge in [-0.2, -0.15) is 0 Å². The smallest absolute Gasteiger partial charge is 0.330 e. The Balaban J connectivity index is 2.88. The number of H-pyrrole nitrogens is 1. The van der Waals surface area contributed by atoms with E-state index in [0.29, 0.717) is 25.3 Å². The lowest BCUT2D eigenvalue weighted by atomic mass is 10.4. The van der Waals surface area contributed by atoms with E-state index in [2.05, 4.69) is 10.3 Å². The van der Waals surface area contributed by atoms with Crippen LogP contribution in [0.15, 0.2) is 9.59 Å². The molecule has 0 aliphatic rings. The molecule has 7 nitrogen and oxygen atoms in total. The quantitative estimate of drug-likeness (QED) is 0.597. The fourth-order valence-corrected chi connectivity index (χ4v) is 2.24. The predicted octanol–water partition coefficient (Wildman–Crippen LogP) is -0.291. The molecule has 0 saturated carbocycles. The van der Waals surface area contributed by atoms with Crippen LogP contribution in [0.2, 0.25) is 0 Å². The average Bonchev–Trinajstić information content (AvgIpc) is 2.33. The Bertz CT molecular complexity index is 564. The van der Waals surface area contributed by atoms with Crippen LogP contribution in [0.4, 0.5) is 11.5 Å². The van der Waals surface area contributed by atoms with Crippen molar-refractivity contribution in [1.29, 1.82) is 0 Å². The second kappa shape index (κ2) is 7.13. The van der Waals surface area contributed by atoms with Crippen molar-refractivity contribution < 1.29 is 4.21 Å². The Labute approximate surface area is 113 Å². The van der Waals surface area contributed by atoms with E-state index in [9.17, 15) is 13.8 Å². The number of nitrogens with zero attached hydrogens (tertiary/aromatic N) is 1. The molecule has 19 heavy (non-hydrogen) atoms. The number of hydrogen-bond acceptors (Lipinski definition) is 5. The summed E-state index contributed by atoms with van der Waals surface area (Å²) in [5.41, 5.74) is 5.02. The van der Waals surface area contributed by atoms with Crippen LogP contribution < -0.4 is 22.3 Å². The van der Waals surface area contributed by atoms with E-state index in [1.807, 2.05) is 6.92 Å². The minimum absolute atomic E-state index is 0.147. The highest BCUT2D eigenvalue weighted by atomic mass is 32.2. The normalized spacial score (nSPS) is 12.3. The maximum atomic E-state index is 11.7. The molecule has 1 rings (SSSR count). The third-order valence-electron chi connectivity index (χ3n) is 2.60. The van der Waals surface area contributed by atoms with E-state index < -0.39 is 22.0 Å². The zero-order valence-electron chi connectivity index (χ0n) is 11.2. The second-order valence-electron chi connectivity index (χ2n) is 4.23.